The summed E-state index contributed by atoms with van der Waals surface area (Å²) in [5, 5.41) is 10.2. The molecule has 0 saturated carbocycles. The molecule has 1 rings (SSSR count). The maximum Gasteiger partial charge on any atom is 0.199 e. The Morgan fingerprint density at radius 2 is 2.23 bits per heavy atom. The highest BCUT2D eigenvalue weighted by Crippen LogP contribution is 2.12. The number of aryl methyl sites for hydroxylation is 1. The van der Waals surface area contributed by atoms with Gasteiger partial charge in [0.1, 0.15) is 0 Å². The molecule has 0 saturated heterocycles. The van der Waals surface area contributed by atoms with Crippen LogP contribution in [-0.4, -0.2) is 30.7 Å². The fraction of sp³-hybridized carbons (Fsp3) is 0.571. The summed E-state index contributed by atoms with van der Waals surface area (Å²) in [7, 11) is -3.46. The van der Waals surface area contributed by atoms with E-state index in [0.29, 0.717) is 12.1 Å². The first-order valence-electron chi connectivity index (χ1n) is 3.95. The Morgan fingerprint density at radius 3 is 2.77 bits per heavy atom. The van der Waals surface area contributed by atoms with Gasteiger partial charge in [0.2, 0.25) is 0 Å². The van der Waals surface area contributed by atoms with Gasteiger partial charge in [0.15, 0.2) is 14.9 Å². The van der Waals surface area contributed by atoms with E-state index in [9.17, 15) is 13.5 Å². The third-order valence-corrected chi connectivity index (χ3v) is 3.32. The molecule has 0 aliphatic carbocycles. The molecule has 0 aromatic carbocycles. The predicted molar refractivity (Wildman–Crippen MR) is 45.6 cm³/mol. The van der Waals surface area contributed by atoms with Gasteiger partial charge in [0.25, 0.3) is 0 Å². The highest BCUT2D eigenvalue weighted by molar-refractivity contribution is 7.91. The molecule has 13 heavy (non-hydrogen) atoms. The van der Waals surface area contributed by atoms with Crippen LogP contribution in [0.5, 0.6) is 0 Å². The average Bonchev–Trinajstić information content (AvgIpc) is 2.51. The fourth-order valence-electron chi connectivity index (χ4n) is 1.04. The minimum absolute atomic E-state index is 0.0193. The molecule has 0 amide bonds. The lowest BCUT2D eigenvalue weighted by Gasteiger charge is -1.99. The lowest BCUT2D eigenvalue weighted by molar-refractivity contribution is 0.213. The highest BCUT2D eigenvalue weighted by Gasteiger charge is 2.20. The first kappa shape index (κ1) is 10.2. The number of H-pyrrole nitrogens is 1. The van der Waals surface area contributed by atoms with E-state index in [-0.39, 0.29) is 10.8 Å². The van der Waals surface area contributed by atoms with E-state index in [1.54, 1.807) is 0 Å². The van der Waals surface area contributed by atoms with Gasteiger partial charge in [-0.15, -0.1) is 0 Å². The minimum atomic E-state index is -3.46. The average molecular weight is 203 g/mol. The van der Waals surface area contributed by atoms with Crippen LogP contribution in [-0.2, 0) is 21.4 Å². The van der Waals surface area contributed by atoms with Crippen molar-refractivity contribution >= 4 is 9.84 Å². The number of aromatic nitrogens is 2. The molecule has 73 valence electrons. The molecule has 0 bridgehead atoms. The van der Waals surface area contributed by atoms with E-state index >= 15 is 0 Å². The Hall–Kier alpha value is -0.880. The van der Waals surface area contributed by atoms with Crippen LogP contribution in [0.3, 0.4) is 0 Å². The summed E-state index contributed by atoms with van der Waals surface area (Å²) in [6.45, 7) is 1.20. The Balaban J connectivity index is 3.07. The molecule has 1 aromatic heterocycles. The summed E-state index contributed by atoms with van der Waals surface area (Å²) in [6.07, 6.45) is 1.89. The number of hydrogen-bond acceptors (Lipinski definition) is 3. The highest BCUT2D eigenvalue weighted by atomic mass is 32.2. The van der Waals surface area contributed by atoms with E-state index < -0.39 is 16.4 Å². The second kappa shape index (κ2) is 3.89. The van der Waals surface area contributed by atoms with E-state index in [0.717, 1.165) is 0 Å². The fourth-order valence-corrected chi connectivity index (χ4v) is 2.24. The molecular formula is C7H11N2O3S. The van der Waals surface area contributed by atoms with Gasteiger partial charge in [-0.2, -0.15) is 0 Å². The van der Waals surface area contributed by atoms with Gasteiger partial charge < -0.3 is 4.98 Å². The largest absolute Gasteiger partial charge is 0.347 e. The van der Waals surface area contributed by atoms with Crippen molar-refractivity contribution in [2.45, 2.75) is 18.4 Å². The standard InChI is InChI=1S/C7H11N2O3S/c1-2-6-7(9-5-8-6)13(11,12)4-3-10/h5H,2-4H2,1H3,(H,8,9). The Labute approximate surface area is 76.7 Å². The zero-order valence-corrected chi connectivity index (χ0v) is 8.10. The Morgan fingerprint density at radius 1 is 1.54 bits per heavy atom. The van der Waals surface area contributed by atoms with E-state index in [1.165, 1.54) is 6.33 Å². The normalized spacial score (nSPS) is 11.8. The molecule has 1 radical (unpaired) electrons. The lowest BCUT2D eigenvalue weighted by Crippen LogP contribution is -2.11. The van der Waals surface area contributed by atoms with E-state index in [4.69, 9.17) is 0 Å². The van der Waals surface area contributed by atoms with Crippen LogP contribution >= 0.6 is 0 Å². The van der Waals surface area contributed by atoms with Gasteiger partial charge >= 0.3 is 0 Å². The summed E-state index contributed by atoms with van der Waals surface area (Å²) in [5.74, 6) is -0.384. The summed E-state index contributed by atoms with van der Waals surface area (Å²) in [4.78, 5) is 6.42. The van der Waals surface area contributed by atoms with Crippen LogP contribution < -0.4 is 0 Å². The molecule has 0 spiro atoms. The zero-order valence-electron chi connectivity index (χ0n) is 7.28. The third-order valence-electron chi connectivity index (χ3n) is 1.68. The van der Waals surface area contributed by atoms with Crippen molar-refractivity contribution in [3.8, 4) is 0 Å². The zero-order chi connectivity index (χ0) is 9.90. The summed E-state index contributed by atoms with van der Waals surface area (Å²) < 4.78 is 22.8. The number of sulfone groups is 1. The third kappa shape index (κ3) is 2.07. The van der Waals surface area contributed by atoms with Crippen molar-refractivity contribution < 1.29 is 13.5 Å². The smallest absolute Gasteiger partial charge is 0.199 e. The molecule has 0 fully saturated rings. The van der Waals surface area contributed by atoms with E-state index in [1.807, 2.05) is 6.92 Å². The second-order valence-electron chi connectivity index (χ2n) is 2.56. The second-order valence-corrected chi connectivity index (χ2v) is 4.59. The summed E-state index contributed by atoms with van der Waals surface area (Å²) in [5.41, 5.74) is 0.563. The minimum Gasteiger partial charge on any atom is -0.347 e. The molecule has 1 heterocycles. The predicted octanol–water partition coefficient (Wildman–Crippen LogP) is 0.176. The Bertz CT molecular complexity index is 369. The van der Waals surface area contributed by atoms with Gasteiger partial charge in [-0.1, -0.05) is 6.92 Å². The quantitative estimate of drug-likeness (QED) is 0.757. The molecule has 0 atom stereocenters. The van der Waals surface area contributed by atoms with Crippen LogP contribution in [0.15, 0.2) is 11.4 Å². The van der Waals surface area contributed by atoms with Crippen LogP contribution in [0.4, 0.5) is 0 Å². The van der Waals surface area contributed by atoms with Crippen LogP contribution in [0.2, 0.25) is 0 Å². The molecule has 0 aliphatic rings. The summed E-state index contributed by atoms with van der Waals surface area (Å²) >= 11 is 0. The van der Waals surface area contributed by atoms with Gasteiger partial charge in [-0.3, -0.25) is 0 Å². The van der Waals surface area contributed by atoms with Gasteiger partial charge in [0.05, 0.1) is 24.4 Å². The topological polar surface area (TPSA) is 82.7 Å². The van der Waals surface area contributed by atoms with Crippen LogP contribution in [0.25, 0.3) is 0 Å². The number of nitrogens with one attached hydrogen (secondary N) is 1. The van der Waals surface area contributed by atoms with Crippen molar-refractivity contribution in [3.05, 3.63) is 12.0 Å². The molecule has 0 unspecified atom stereocenters. The number of rotatable bonds is 4. The molecule has 0 aliphatic heterocycles. The first-order valence-corrected chi connectivity index (χ1v) is 5.60. The van der Waals surface area contributed by atoms with Crippen LogP contribution in [0, 0.1) is 0 Å². The SMILES string of the molecule is CCc1[nH]cnc1S(=O)(=O)CC[O]. The van der Waals surface area contributed by atoms with Gasteiger partial charge in [-0.05, 0) is 6.42 Å². The number of hydrogen-bond donors (Lipinski definition) is 1. The lowest BCUT2D eigenvalue weighted by atomic mass is 10.4. The van der Waals surface area contributed by atoms with Crippen molar-refractivity contribution in [2.75, 3.05) is 12.4 Å². The van der Waals surface area contributed by atoms with Crippen molar-refractivity contribution in [3.63, 3.8) is 0 Å². The van der Waals surface area contributed by atoms with Crippen molar-refractivity contribution in [2.24, 2.45) is 0 Å². The number of imidazole rings is 1. The first-order chi connectivity index (χ1) is 6.11. The van der Waals surface area contributed by atoms with Crippen molar-refractivity contribution in [1.82, 2.24) is 9.97 Å². The molecule has 5 nitrogen and oxygen atoms in total. The van der Waals surface area contributed by atoms with Crippen LogP contribution in [0.1, 0.15) is 12.6 Å². The molecular weight excluding hydrogens is 192 g/mol. The monoisotopic (exact) mass is 203 g/mol. The summed E-state index contributed by atoms with van der Waals surface area (Å²) in [6, 6.07) is 0. The number of nitrogens with zero attached hydrogens (tertiary/aromatic N) is 1. The molecule has 6 heteroatoms. The Kier molecular flexibility index (Phi) is 3.05. The maximum atomic E-state index is 11.4. The van der Waals surface area contributed by atoms with E-state index in [2.05, 4.69) is 9.97 Å². The molecule has 1 aromatic rings. The number of aromatic amines is 1. The molecule has 1 N–H and O–H groups in total. The maximum absolute atomic E-state index is 11.4. The van der Waals surface area contributed by atoms with Gasteiger partial charge in [0, 0.05) is 0 Å². The van der Waals surface area contributed by atoms with Crippen molar-refractivity contribution in [1.29, 1.82) is 0 Å². The van der Waals surface area contributed by atoms with Gasteiger partial charge in [-0.25, -0.2) is 18.5 Å².